The summed E-state index contributed by atoms with van der Waals surface area (Å²) in [6, 6.07) is 6.62. The highest BCUT2D eigenvalue weighted by molar-refractivity contribution is 5.74. The van der Waals surface area contributed by atoms with Gasteiger partial charge < -0.3 is 14.0 Å². The van der Waals surface area contributed by atoms with Crippen LogP contribution in [0.5, 0.6) is 5.75 Å². The van der Waals surface area contributed by atoms with Gasteiger partial charge in [0.15, 0.2) is 11.3 Å². The molecule has 0 unspecified atom stereocenters. The number of imidazole rings is 1. The van der Waals surface area contributed by atoms with E-state index in [2.05, 4.69) is 40.5 Å². The number of nitrogens with zero attached hydrogens (tertiary/aromatic N) is 4. The minimum atomic E-state index is 0.363. The Balaban J connectivity index is 1.81. The zero-order chi connectivity index (χ0) is 18.1. The van der Waals surface area contributed by atoms with E-state index in [1.54, 1.807) is 13.3 Å². The number of hydrogen-bond donors (Lipinski definition) is 0. The molecule has 1 aromatic carbocycles. The average molecular weight is 352 g/mol. The maximum Gasteiger partial charge on any atom is 0.197 e. The number of hydrogen-bond acceptors (Lipinski definition) is 5. The summed E-state index contributed by atoms with van der Waals surface area (Å²) in [7, 11) is 1.69. The molecule has 6 nitrogen and oxygen atoms in total. The fraction of sp³-hybridized carbons (Fsp3) is 0.450. The summed E-state index contributed by atoms with van der Waals surface area (Å²) in [5.41, 5.74) is 4.53. The largest absolute Gasteiger partial charge is 0.496 e. The van der Waals surface area contributed by atoms with Crippen molar-refractivity contribution in [3.63, 3.8) is 0 Å². The van der Waals surface area contributed by atoms with Crippen LogP contribution in [-0.4, -0.2) is 39.8 Å². The molecule has 6 heteroatoms. The van der Waals surface area contributed by atoms with E-state index in [1.165, 1.54) is 5.56 Å². The van der Waals surface area contributed by atoms with Crippen LogP contribution in [0.3, 0.4) is 0 Å². The Bertz CT molecular complexity index is 913. The quantitative estimate of drug-likeness (QED) is 0.711. The summed E-state index contributed by atoms with van der Waals surface area (Å²) in [4.78, 5) is 13.9. The predicted molar refractivity (Wildman–Crippen MR) is 100 cm³/mol. The van der Waals surface area contributed by atoms with Crippen molar-refractivity contribution in [1.29, 1.82) is 0 Å². The summed E-state index contributed by atoms with van der Waals surface area (Å²) in [5.74, 6) is 1.24. The highest BCUT2D eigenvalue weighted by Crippen LogP contribution is 2.33. The van der Waals surface area contributed by atoms with Gasteiger partial charge in [-0.2, -0.15) is 0 Å². The summed E-state index contributed by atoms with van der Waals surface area (Å²) >= 11 is 0. The zero-order valence-electron chi connectivity index (χ0n) is 15.5. The number of fused-ring (bicyclic) bond motifs is 1. The van der Waals surface area contributed by atoms with Gasteiger partial charge in [0.2, 0.25) is 0 Å². The first-order valence-electron chi connectivity index (χ1n) is 9.13. The van der Waals surface area contributed by atoms with Crippen molar-refractivity contribution in [2.75, 3.05) is 20.3 Å². The third kappa shape index (κ3) is 3.05. The van der Waals surface area contributed by atoms with Crippen molar-refractivity contribution >= 4 is 11.3 Å². The smallest absolute Gasteiger partial charge is 0.197 e. The van der Waals surface area contributed by atoms with E-state index >= 15 is 0 Å². The van der Waals surface area contributed by atoms with Crippen LogP contribution >= 0.6 is 0 Å². The van der Waals surface area contributed by atoms with Crippen molar-refractivity contribution in [2.45, 2.75) is 38.6 Å². The summed E-state index contributed by atoms with van der Waals surface area (Å²) < 4.78 is 13.2. The van der Waals surface area contributed by atoms with Crippen LogP contribution in [0.1, 0.15) is 44.2 Å². The van der Waals surface area contributed by atoms with E-state index in [0.29, 0.717) is 17.6 Å². The molecule has 0 N–H and O–H groups in total. The minimum Gasteiger partial charge on any atom is -0.496 e. The second-order valence-corrected chi connectivity index (χ2v) is 7.01. The Morgan fingerprint density at radius 1 is 1.19 bits per heavy atom. The third-order valence-electron chi connectivity index (χ3n) is 5.03. The van der Waals surface area contributed by atoms with E-state index in [4.69, 9.17) is 14.5 Å². The lowest BCUT2D eigenvalue weighted by Crippen LogP contribution is -2.19. The Hall–Kier alpha value is -2.47. The number of rotatable bonds is 4. The molecular weight excluding hydrogens is 328 g/mol. The van der Waals surface area contributed by atoms with Crippen LogP contribution in [0, 0.1) is 0 Å². The molecule has 1 aliphatic heterocycles. The molecule has 136 valence electrons. The molecule has 0 radical (unpaired) electrons. The topological polar surface area (TPSA) is 62.1 Å². The van der Waals surface area contributed by atoms with Gasteiger partial charge in [-0.3, -0.25) is 0 Å². The lowest BCUT2D eigenvalue weighted by atomic mass is 9.99. The molecule has 3 heterocycles. The van der Waals surface area contributed by atoms with Gasteiger partial charge in [-0.25, -0.2) is 15.0 Å². The van der Waals surface area contributed by atoms with E-state index in [9.17, 15) is 0 Å². The summed E-state index contributed by atoms with van der Waals surface area (Å²) in [6.07, 6.45) is 5.59. The van der Waals surface area contributed by atoms with Crippen LogP contribution in [0.2, 0.25) is 0 Å². The summed E-state index contributed by atoms with van der Waals surface area (Å²) in [5, 5.41) is 0. The SMILES string of the molecule is COc1ccc(C(C)C)cc1-c1cnc2ncn(C3CCOCC3)c2n1. The lowest BCUT2D eigenvalue weighted by molar-refractivity contribution is 0.0704. The first kappa shape index (κ1) is 17.0. The van der Waals surface area contributed by atoms with Gasteiger partial charge in [-0.05, 0) is 36.5 Å². The first-order chi connectivity index (χ1) is 12.7. The van der Waals surface area contributed by atoms with Crippen LogP contribution in [0.25, 0.3) is 22.6 Å². The van der Waals surface area contributed by atoms with Gasteiger partial charge in [0.1, 0.15) is 5.75 Å². The Morgan fingerprint density at radius 3 is 2.73 bits per heavy atom. The third-order valence-corrected chi connectivity index (χ3v) is 5.03. The molecule has 1 fully saturated rings. The van der Waals surface area contributed by atoms with Crippen LogP contribution in [0.4, 0.5) is 0 Å². The van der Waals surface area contributed by atoms with Gasteiger partial charge in [0, 0.05) is 24.8 Å². The molecule has 26 heavy (non-hydrogen) atoms. The van der Waals surface area contributed by atoms with Gasteiger partial charge in [0.25, 0.3) is 0 Å². The van der Waals surface area contributed by atoms with Crippen molar-refractivity contribution in [3.8, 4) is 17.0 Å². The molecule has 3 aromatic rings. The maximum absolute atomic E-state index is 5.57. The lowest BCUT2D eigenvalue weighted by Gasteiger charge is -2.23. The van der Waals surface area contributed by atoms with Crippen molar-refractivity contribution in [2.24, 2.45) is 0 Å². The number of ether oxygens (including phenoxy) is 2. The molecule has 0 saturated carbocycles. The van der Waals surface area contributed by atoms with Crippen LogP contribution in [-0.2, 0) is 4.74 Å². The van der Waals surface area contributed by atoms with Crippen LogP contribution < -0.4 is 4.74 Å². The second-order valence-electron chi connectivity index (χ2n) is 7.01. The average Bonchev–Trinajstić information content (AvgIpc) is 3.11. The van der Waals surface area contributed by atoms with Gasteiger partial charge in [-0.15, -0.1) is 0 Å². The fourth-order valence-electron chi connectivity index (χ4n) is 3.45. The second kappa shape index (κ2) is 7.03. The van der Waals surface area contributed by atoms with E-state index in [-0.39, 0.29) is 0 Å². The minimum absolute atomic E-state index is 0.363. The molecule has 0 amide bonds. The highest BCUT2D eigenvalue weighted by atomic mass is 16.5. The normalized spacial score (nSPS) is 15.7. The zero-order valence-corrected chi connectivity index (χ0v) is 15.5. The molecule has 1 saturated heterocycles. The molecular formula is C20H24N4O2. The number of methoxy groups -OCH3 is 1. The van der Waals surface area contributed by atoms with E-state index in [1.807, 2.05) is 12.4 Å². The monoisotopic (exact) mass is 352 g/mol. The molecule has 0 bridgehead atoms. The molecule has 1 aliphatic rings. The summed E-state index contributed by atoms with van der Waals surface area (Å²) in [6.45, 7) is 5.92. The molecule has 0 spiro atoms. The fourth-order valence-corrected chi connectivity index (χ4v) is 3.45. The number of aromatic nitrogens is 4. The Morgan fingerprint density at radius 2 is 2.00 bits per heavy atom. The number of benzene rings is 1. The van der Waals surface area contributed by atoms with Crippen molar-refractivity contribution in [3.05, 3.63) is 36.3 Å². The van der Waals surface area contributed by atoms with Crippen molar-refractivity contribution in [1.82, 2.24) is 19.5 Å². The molecule has 0 aliphatic carbocycles. The predicted octanol–water partition coefficient (Wildman–Crippen LogP) is 3.98. The van der Waals surface area contributed by atoms with Gasteiger partial charge >= 0.3 is 0 Å². The van der Waals surface area contributed by atoms with Crippen LogP contribution in [0.15, 0.2) is 30.7 Å². The van der Waals surface area contributed by atoms with Crippen molar-refractivity contribution < 1.29 is 9.47 Å². The molecule has 2 aromatic heterocycles. The molecule has 0 atom stereocenters. The Kier molecular flexibility index (Phi) is 4.59. The molecule has 4 rings (SSSR count). The standard InChI is InChI=1S/C20H24N4O2/c1-13(2)14-4-5-18(25-3)16(10-14)17-11-21-19-20(23-17)24(12-22-19)15-6-8-26-9-7-15/h4-5,10-13,15H,6-9H2,1-3H3. The first-order valence-corrected chi connectivity index (χ1v) is 9.13. The maximum atomic E-state index is 5.57. The van der Waals surface area contributed by atoms with E-state index < -0.39 is 0 Å². The highest BCUT2D eigenvalue weighted by Gasteiger charge is 2.20. The Labute approximate surface area is 153 Å². The van der Waals surface area contributed by atoms with Gasteiger partial charge in [0.05, 0.1) is 25.3 Å². The van der Waals surface area contributed by atoms with E-state index in [0.717, 1.165) is 48.7 Å². The van der Waals surface area contributed by atoms with Gasteiger partial charge in [-0.1, -0.05) is 19.9 Å².